The Hall–Kier alpha value is -5.49. The zero-order valence-corrected chi connectivity index (χ0v) is 29.8. The molecule has 2 aromatic heterocycles. The molecule has 1 amide bonds. The molecular formula is C40H42F2N6O4. The zero-order chi connectivity index (χ0) is 36.9. The molecular weight excluding hydrogens is 666 g/mol. The maximum atomic E-state index is 13.7. The van der Waals surface area contributed by atoms with Crippen LogP contribution >= 0.6 is 0 Å². The molecule has 10 nitrogen and oxygen atoms in total. The number of nitrogens with zero attached hydrogens (tertiary/aromatic N) is 5. The van der Waals surface area contributed by atoms with Gasteiger partial charge in [0, 0.05) is 43.2 Å². The van der Waals surface area contributed by atoms with E-state index in [9.17, 15) is 23.2 Å². The fourth-order valence-corrected chi connectivity index (χ4v) is 6.54. The van der Waals surface area contributed by atoms with Crippen LogP contribution < -0.4 is 15.6 Å². The Morgan fingerprint density at radius 3 is 2.52 bits per heavy atom. The van der Waals surface area contributed by atoms with Crippen LogP contribution in [0.2, 0.25) is 0 Å². The fraction of sp³-hybridized carbons (Fsp3) is 0.325. The third-order valence-corrected chi connectivity index (χ3v) is 9.68. The summed E-state index contributed by atoms with van der Waals surface area (Å²) in [6.45, 7) is 3.63. The van der Waals surface area contributed by atoms with Crippen molar-refractivity contribution in [1.82, 2.24) is 29.5 Å². The molecule has 1 aliphatic rings. The van der Waals surface area contributed by atoms with Crippen molar-refractivity contribution in [2.45, 2.75) is 51.6 Å². The minimum Gasteiger partial charge on any atom is -0.496 e. The zero-order valence-electron chi connectivity index (χ0n) is 29.8. The van der Waals surface area contributed by atoms with Gasteiger partial charge in [-0.15, -0.1) is 0 Å². The predicted molar refractivity (Wildman–Crippen MR) is 196 cm³/mol. The van der Waals surface area contributed by atoms with Crippen LogP contribution in [0.25, 0.3) is 17.0 Å². The van der Waals surface area contributed by atoms with Crippen LogP contribution in [-0.2, 0) is 20.0 Å². The van der Waals surface area contributed by atoms with Crippen LogP contribution in [0.3, 0.4) is 0 Å². The van der Waals surface area contributed by atoms with Gasteiger partial charge < -0.3 is 15.0 Å². The number of methoxy groups -OCH3 is 1. The normalized spacial score (nSPS) is 14.0. The van der Waals surface area contributed by atoms with Crippen LogP contribution in [0.1, 0.15) is 74.6 Å². The number of carbonyl (C=O) groups is 2. The molecule has 6 rings (SSSR count). The number of likely N-dealkylation sites (tertiary alicyclic amines) is 1. The predicted octanol–water partition coefficient (Wildman–Crippen LogP) is 5.86. The molecule has 0 aliphatic carbocycles. The molecule has 5 aromatic rings. The van der Waals surface area contributed by atoms with Gasteiger partial charge in [-0.25, -0.2) is 23.4 Å². The van der Waals surface area contributed by atoms with E-state index in [2.05, 4.69) is 22.2 Å². The second kappa shape index (κ2) is 15.8. The summed E-state index contributed by atoms with van der Waals surface area (Å²) in [5, 5.41) is 4.01. The smallest absolute Gasteiger partial charge is 0.278 e. The molecule has 0 spiro atoms. The molecule has 270 valence electrons. The number of hydrogen-bond acceptors (Lipinski definition) is 7. The van der Waals surface area contributed by atoms with Crippen LogP contribution in [-0.4, -0.2) is 69.2 Å². The van der Waals surface area contributed by atoms with Crippen molar-refractivity contribution < 1.29 is 23.1 Å². The van der Waals surface area contributed by atoms with Crippen molar-refractivity contribution in [1.29, 1.82) is 0 Å². The first kappa shape index (κ1) is 36.3. The van der Waals surface area contributed by atoms with E-state index in [1.807, 2.05) is 42.5 Å². The molecule has 1 fully saturated rings. The number of benzene rings is 3. The molecule has 0 saturated carbocycles. The van der Waals surface area contributed by atoms with Crippen molar-refractivity contribution >= 4 is 28.7 Å². The van der Waals surface area contributed by atoms with E-state index < -0.39 is 17.2 Å². The summed E-state index contributed by atoms with van der Waals surface area (Å²) in [7, 11) is 5.31. The molecule has 3 heterocycles. The number of hydrogen-bond donors (Lipinski definition) is 1. The van der Waals surface area contributed by atoms with Gasteiger partial charge in [-0.05, 0) is 99.4 Å². The Labute approximate surface area is 300 Å². The third-order valence-electron chi connectivity index (χ3n) is 9.68. The van der Waals surface area contributed by atoms with E-state index in [1.165, 1.54) is 10.7 Å². The Balaban J connectivity index is 1.06. The van der Waals surface area contributed by atoms with Gasteiger partial charge in [0.25, 0.3) is 11.5 Å². The Morgan fingerprint density at radius 1 is 1.00 bits per heavy atom. The van der Waals surface area contributed by atoms with Gasteiger partial charge >= 0.3 is 0 Å². The summed E-state index contributed by atoms with van der Waals surface area (Å²) in [6.07, 6.45) is 8.46. The van der Waals surface area contributed by atoms with E-state index in [0.29, 0.717) is 41.2 Å². The number of piperidine rings is 1. The van der Waals surface area contributed by atoms with Crippen LogP contribution in [0.4, 0.5) is 8.78 Å². The number of amides is 1. The first-order valence-electron chi connectivity index (χ1n) is 17.3. The monoisotopic (exact) mass is 708 g/mol. The number of nitrogens with one attached hydrogen (secondary N) is 1. The highest BCUT2D eigenvalue weighted by Crippen LogP contribution is 2.23. The molecule has 0 bridgehead atoms. The van der Waals surface area contributed by atoms with Gasteiger partial charge in [-0.2, -0.15) is 0 Å². The van der Waals surface area contributed by atoms with Gasteiger partial charge in [-0.3, -0.25) is 19.1 Å². The lowest BCUT2D eigenvalue weighted by Gasteiger charge is -2.29. The van der Waals surface area contributed by atoms with Gasteiger partial charge in [0.2, 0.25) is 0 Å². The van der Waals surface area contributed by atoms with Crippen molar-refractivity contribution in [2.75, 3.05) is 27.2 Å². The van der Waals surface area contributed by atoms with E-state index in [1.54, 1.807) is 38.0 Å². The van der Waals surface area contributed by atoms with Gasteiger partial charge in [0.15, 0.2) is 17.4 Å². The molecule has 12 heteroatoms. The molecule has 1 N–H and O–H groups in total. The molecule has 52 heavy (non-hydrogen) atoms. The number of rotatable bonds is 12. The average Bonchev–Trinajstić information content (AvgIpc) is 3.34. The maximum absolute atomic E-state index is 13.7. The minimum absolute atomic E-state index is 0.00847. The molecule has 3 aromatic carbocycles. The van der Waals surface area contributed by atoms with Gasteiger partial charge in [0.05, 0.1) is 24.7 Å². The third kappa shape index (κ3) is 8.18. The highest BCUT2D eigenvalue weighted by molar-refractivity contribution is 5.97. The number of aromatic nitrogens is 4. The van der Waals surface area contributed by atoms with E-state index >= 15 is 0 Å². The molecule has 0 unspecified atom stereocenters. The maximum Gasteiger partial charge on any atom is 0.278 e. The summed E-state index contributed by atoms with van der Waals surface area (Å²) < 4.78 is 35.6. The topological polar surface area (TPSA) is 111 Å². The van der Waals surface area contributed by atoms with E-state index in [0.717, 1.165) is 60.1 Å². The van der Waals surface area contributed by atoms with Crippen molar-refractivity contribution in [3.63, 3.8) is 0 Å². The highest BCUT2D eigenvalue weighted by atomic mass is 19.2. The summed E-state index contributed by atoms with van der Waals surface area (Å²) in [5.74, 6) is -1.22. The minimum atomic E-state index is -0.992. The lowest BCUT2D eigenvalue weighted by molar-refractivity contribution is 0.0912. The average molecular weight is 709 g/mol. The summed E-state index contributed by atoms with van der Waals surface area (Å²) in [6, 6.07) is 15.0. The number of carbonyl (C=O) groups excluding carboxylic acids is 2. The number of halogens is 2. The Morgan fingerprint density at radius 2 is 1.77 bits per heavy atom. The SMILES string of the molecule is COc1cc(Cc2ncc3cc(/C=C/CCC(=O)c4c(C)n(C)n(Cc5ccc(F)c(F)c5)c4=O)ccc3n2)ccc1C(=O)NC1CCN(C)CC1. The second-order valence-corrected chi connectivity index (χ2v) is 13.3. The summed E-state index contributed by atoms with van der Waals surface area (Å²) in [5.41, 5.74) is 3.69. The van der Waals surface area contributed by atoms with Crippen molar-refractivity contribution in [3.8, 4) is 5.75 Å². The highest BCUT2D eigenvalue weighted by Gasteiger charge is 2.22. The van der Waals surface area contributed by atoms with Gasteiger partial charge in [0.1, 0.15) is 17.1 Å². The number of allylic oxidation sites excluding steroid dienone is 1. The number of ketones is 1. The van der Waals surface area contributed by atoms with E-state index in [-0.39, 0.29) is 36.3 Å². The lowest BCUT2D eigenvalue weighted by Crippen LogP contribution is -2.43. The van der Waals surface area contributed by atoms with Crippen molar-refractivity contribution in [2.24, 2.45) is 7.05 Å². The molecule has 1 aliphatic heterocycles. The van der Waals surface area contributed by atoms with Crippen LogP contribution in [0, 0.1) is 18.6 Å². The first-order valence-corrected chi connectivity index (χ1v) is 17.3. The summed E-state index contributed by atoms with van der Waals surface area (Å²) >= 11 is 0. The van der Waals surface area contributed by atoms with Crippen molar-refractivity contribution in [3.05, 3.63) is 128 Å². The standard InChI is InChI=1S/C40H42F2N6O4/c1-25-38(40(51)48(47(25)3)24-28-10-13-32(41)33(42)20-28)35(49)8-6-5-7-26-11-14-34-29(19-26)23-43-37(45-34)22-27-9-12-31(36(21-27)52-4)39(50)44-30-15-17-46(2)18-16-30/h5,7,9-14,19-21,23,30H,6,8,15-18,22,24H2,1-4H3,(H,44,50)/b7-5+. The Bertz CT molecular complexity index is 2220. The van der Waals surface area contributed by atoms with Crippen LogP contribution in [0.15, 0.2) is 71.7 Å². The lowest BCUT2D eigenvalue weighted by atomic mass is 10.0. The fourth-order valence-electron chi connectivity index (χ4n) is 6.54. The number of ether oxygens (including phenoxy) is 1. The Kier molecular flexibility index (Phi) is 11.0. The largest absolute Gasteiger partial charge is 0.496 e. The number of Topliss-reactive ketones (excluding diaryl/α,β-unsaturated/α-hetero) is 1. The van der Waals surface area contributed by atoms with Crippen LogP contribution in [0.5, 0.6) is 5.75 Å². The second-order valence-electron chi connectivity index (χ2n) is 13.3. The quantitative estimate of drug-likeness (QED) is 0.162. The first-order chi connectivity index (χ1) is 25.0. The molecule has 1 saturated heterocycles. The van der Waals surface area contributed by atoms with Gasteiger partial charge in [-0.1, -0.05) is 30.4 Å². The number of fused-ring (bicyclic) bond motifs is 1. The molecule has 0 atom stereocenters. The summed E-state index contributed by atoms with van der Waals surface area (Å²) in [4.78, 5) is 50.9. The van der Waals surface area contributed by atoms with E-state index in [4.69, 9.17) is 9.72 Å². The molecule has 0 radical (unpaired) electrons.